The molecule has 0 N–H and O–H groups in total. The highest BCUT2D eigenvalue weighted by molar-refractivity contribution is 6.31. The van der Waals surface area contributed by atoms with Crippen LogP contribution in [0.3, 0.4) is 0 Å². The molecule has 1 aliphatic rings. The minimum atomic E-state index is -0.510. The number of likely N-dealkylation sites (tertiary alicyclic amines) is 1. The number of nitrogens with zero attached hydrogens (tertiary/aromatic N) is 1. The maximum absolute atomic E-state index is 12.3. The highest BCUT2D eigenvalue weighted by Crippen LogP contribution is 2.34. The second-order valence-electron chi connectivity index (χ2n) is 6.76. The third kappa shape index (κ3) is 3.93. The molecule has 5 heteroatoms. The average molecular weight is 326 g/mol. The summed E-state index contributed by atoms with van der Waals surface area (Å²) in [6, 6.07) is 6.01. The smallest absolute Gasteiger partial charge is 0.412 e. The van der Waals surface area contributed by atoms with Crippen molar-refractivity contribution in [3.8, 4) is 0 Å². The van der Waals surface area contributed by atoms with Crippen molar-refractivity contribution in [3.63, 3.8) is 0 Å². The number of carbonyl (C=O) groups excluding carboxylic acids is 1. The fraction of sp³-hybridized carbons (Fsp3) is 0.588. The van der Waals surface area contributed by atoms with E-state index in [0.29, 0.717) is 6.54 Å². The molecule has 0 radical (unpaired) electrons. The van der Waals surface area contributed by atoms with Gasteiger partial charge in [-0.1, -0.05) is 23.7 Å². The summed E-state index contributed by atoms with van der Waals surface area (Å²) < 4.78 is 10.9. The zero-order valence-corrected chi connectivity index (χ0v) is 14.6. The van der Waals surface area contributed by atoms with Crippen molar-refractivity contribution in [2.24, 2.45) is 0 Å². The zero-order chi connectivity index (χ0) is 16.5. The lowest BCUT2D eigenvalue weighted by atomic mass is 9.96. The quantitative estimate of drug-likeness (QED) is 0.811. The number of hydrogen-bond donors (Lipinski definition) is 0. The molecule has 22 heavy (non-hydrogen) atoms. The molecule has 1 aromatic rings. The number of methoxy groups -OCH3 is 1. The lowest BCUT2D eigenvalue weighted by Crippen LogP contribution is -2.40. The lowest BCUT2D eigenvalue weighted by Gasteiger charge is -2.27. The SMILES string of the molecule is CO[C@H]1C[C@H](c2ccc(Cl)c(C)c2)CN1C(=O)OC(C)(C)C. The highest BCUT2D eigenvalue weighted by Gasteiger charge is 2.38. The Morgan fingerprint density at radius 1 is 1.36 bits per heavy atom. The summed E-state index contributed by atoms with van der Waals surface area (Å²) in [7, 11) is 1.62. The molecule has 1 heterocycles. The van der Waals surface area contributed by atoms with Gasteiger partial charge in [-0.05, 0) is 44.9 Å². The standard InChI is InChI=1S/C17H24ClNO3/c1-11-8-12(6-7-14(11)18)13-9-15(21-5)19(10-13)16(20)22-17(2,3)4/h6-8,13,15H,9-10H2,1-5H3/t13-,15-/m0/s1. The van der Waals surface area contributed by atoms with Crippen LogP contribution < -0.4 is 0 Å². The third-order valence-corrected chi connectivity index (χ3v) is 4.23. The first-order valence-electron chi connectivity index (χ1n) is 7.49. The summed E-state index contributed by atoms with van der Waals surface area (Å²) in [5, 5.41) is 0.758. The van der Waals surface area contributed by atoms with Crippen molar-refractivity contribution in [3.05, 3.63) is 34.3 Å². The molecule has 2 rings (SSSR count). The van der Waals surface area contributed by atoms with E-state index in [1.807, 2.05) is 39.8 Å². The molecule has 0 bridgehead atoms. The number of amides is 1. The molecule has 1 amide bonds. The van der Waals surface area contributed by atoms with E-state index in [1.54, 1.807) is 12.0 Å². The van der Waals surface area contributed by atoms with Gasteiger partial charge in [0, 0.05) is 31.0 Å². The van der Waals surface area contributed by atoms with Crippen LogP contribution in [-0.2, 0) is 9.47 Å². The Hall–Kier alpha value is -1.26. The summed E-state index contributed by atoms with van der Waals surface area (Å²) in [5.74, 6) is 0.230. The normalized spacial score (nSPS) is 22.0. The Balaban J connectivity index is 2.14. The summed E-state index contributed by atoms with van der Waals surface area (Å²) in [5.41, 5.74) is 1.71. The molecule has 0 spiro atoms. The Labute approximate surface area is 137 Å². The molecule has 0 unspecified atom stereocenters. The maximum Gasteiger partial charge on any atom is 0.412 e. The minimum absolute atomic E-state index is 0.230. The average Bonchev–Trinajstić information content (AvgIpc) is 2.84. The first-order valence-corrected chi connectivity index (χ1v) is 7.87. The van der Waals surface area contributed by atoms with Crippen molar-refractivity contribution < 1.29 is 14.3 Å². The Bertz CT molecular complexity index is 553. The summed E-state index contributed by atoms with van der Waals surface area (Å²) >= 11 is 6.09. The second kappa shape index (κ2) is 6.47. The van der Waals surface area contributed by atoms with Gasteiger partial charge in [-0.2, -0.15) is 0 Å². The van der Waals surface area contributed by atoms with Gasteiger partial charge < -0.3 is 9.47 Å². The Kier molecular flexibility index (Phi) is 5.03. The zero-order valence-electron chi connectivity index (χ0n) is 13.9. The van der Waals surface area contributed by atoms with Crippen LogP contribution in [0.25, 0.3) is 0 Å². The van der Waals surface area contributed by atoms with E-state index in [9.17, 15) is 4.79 Å². The molecule has 1 aliphatic heterocycles. The van der Waals surface area contributed by atoms with Gasteiger partial charge in [-0.25, -0.2) is 4.79 Å². The van der Waals surface area contributed by atoms with Crippen LogP contribution in [0, 0.1) is 6.92 Å². The molecule has 1 aromatic carbocycles. The van der Waals surface area contributed by atoms with E-state index < -0.39 is 5.60 Å². The van der Waals surface area contributed by atoms with Crippen LogP contribution in [0.2, 0.25) is 5.02 Å². The van der Waals surface area contributed by atoms with E-state index >= 15 is 0 Å². The lowest BCUT2D eigenvalue weighted by molar-refractivity contribution is -0.0305. The van der Waals surface area contributed by atoms with Crippen LogP contribution in [0.5, 0.6) is 0 Å². The molecule has 4 nitrogen and oxygen atoms in total. The fourth-order valence-electron chi connectivity index (χ4n) is 2.70. The molecule has 0 aliphatic carbocycles. The maximum atomic E-state index is 12.3. The molecule has 1 fully saturated rings. The predicted molar refractivity (Wildman–Crippen MR) is 87.3 cm³/mol. The van der Waals surface area contributed by atoms with Gasteiger partial charge in [0.25, 0.3) is 0 Å². The second-order valence-corrected chi connectivity index (χ2v) is 7.17. The van der Waals surface area contributed by atoms with Gasteiger partial charge in [0.1, 0.15) is 11.8 Å². The predicted octanol–water partition coefficient (Wildman–Crippen LogP) is 4.35. The van der Waals surface area contributed by atoms with Crippen LogP contribution in [0.1, 0.15) is 44.2 Å². The number of aryl methyl sites for hydroxylation is 1. The highest BCUT2D eigenvalue weighted by atomic mass is 35.5. The van der Waals surface area contributed by atoms with E-state index in [-0.39, 0.29) is 18.2 Å². The summed E-state index contributed by atoms with van der Waals surface area (Å²) in [6.07, 6.45) is 0.181. The number of hydrogen-bond acceptors (Lipinski definition) is 3. The van der Waals surface area contributed by atoms with E-state index in [4.69, 9.17) is 21.1 Å². The van der Waals surface area contributed by atoms with Crippen molar-refractivity contribution in [2.75, 3.05) is 13.7 Å². The Morgan fingerprint density at radius 3 is 2.59 bits per heavy atom. The summed E-state index contributed by atoms with van der Waals surface area (Å²) in [6.45, 7) is 8.17. The molecule has 0 aromatic heterocycles. The number of benzene rings is 1. The van der Waals surface area contributed by atoms with E-state index in [0.717, 1.165) is 17.0 Å². The van der Waals surface area contributed by atoms with Gasteiger partial charge in [0.15, 0.2) is 0 Å². The van der Waals surface area contributed by atoms with E-state index in [2.05, 4.69) is 6.07 Å². The van der Waals surface area contributed by atoms with Gasteiger partial charge in [-0.15, -0.1) is 0 Å². The number of ether oxygens (including phenoxy) is 2. The third-order valence-electron chi connectivity index (χ3n) is 3.80. The van der Waals surface area contributed by atoms with Crippen LogP contribution >= 0.6 is 11.6 Å². The molecular formula is C17H24ClNO3. The first-order chi connectivity index (χ1) is 10.2. The number of carbonyl (C=O) groups is 1. The van der Waals surface area contributed by atoms with Crippen LogP contribution in [-0.4, -0.2) is 36.5 Å². The Morgan fingerprint density at radius 2 is 2.05 bits per heavy atom. The van der Waals surface area contributed by atoms with Gasteiger partial charge >= 0.3 is 6.09 Å². The minimum Gasteiger partial charge on any atom is -0.444 e. The van der Waals surface area contributed by atoms with Crippen molar-refractivity contribution >= 4 is 17.7 Å². The van der Waals surface area contributed by atoms with Crippen molar-refractivity contribution in [2.45, 2.75) is 51.9 Å². The fourth-order valence-corrected chi connectivity index (χ4v) is 2.82. The molecule has 122 valence electrons. The number of halogens is 1. The van der Waals surface area contributed by atoms with Crippen molar-refractivity contribution in [1.29, 1.82) is 0 Å². The monoisotopic (exact) mass is 325 g/mol. The molecule has 1 saturated heterocycles. The van der Waals surface area contributed by atoms with Gasteiger partial charge in [0.05, 0.1) is 0 Å². The van der Waals surface area contributed by atoms with E-state index in [1.165, 1.54) is 5.56 Å². The molecular weight excluding hydrogens is 302 g/mol. The van der Waals surface area contributed by atoms with Crippen LogP contribution in [0.4, 0.5) is 4.79 Å². The topological polar surface area (TPSA) is 38.8 Å². The van der Waals surface area contributed by atoms with Crippen LogP contribution in [0.15, 0.2) is 18.2 Å². The molecule has 0 saturated carbocycles. The van der Waals surface area contributed by atoms with Gasteiger partial charge in [0.2, 0.25) is 0 Å². The molecule has 2 atom stereocenters. The van der Waals surface area contributed by atoms with Crippen molar-refractivity contribution in [1.82, 2.24) is 4.90 Å². The summed E-state index contributed by atoms with van der Waals surface area (Å²) in [4.78, 5) is 14.0. The largest absolute Gasteiger partial charge is 0.444 e. The number of rotatable bonds is 2. The first kappa shape index (κ1) is 17.1. The van der Waals surface area contributed by atoms with Gasteiger partial charge in [-0.3, -0.25) is 4.90 Å².